The van der Waals surface area contributed by atoms with Crippen molar-refractivity contribution in [1.29, 1.82) is 0 Å². The molecule has 0 saturated carbocycles. The van der Waals surface area contributed by atoms with E-state index < -0.39 is 10.1 Å². The number of rotatable bonds is 4. The predicted octanol–water partition coefficient (Wildman–Crippen LogP) is 1.49. The summed E-state index contributed by atoms with van der Waals surface area (Å²) in [5.41, 5.74) is 1.02. The Hall–Kier alpha value is -0.910. The molecule has 0 N–H and O–H groups in total. The van der Waals surface area contributed by atoms with Crippen LogP contribution in [0.1, 0.15) is 12.0 Å². The van der Waals surface area contributed by atoms with Crippen LogP contribution in [0.25, 0.3) is 0 Å². The van der Waals surface area contributed by atoms with Crippen LogP contribution >= 0.6 is 0 Å². The zero-order chi connectivity index (χ0) is 11.6. The van der Waals surface area contributed by atoms with Crippen molar-refractivity contribution in [3.05, 3.63) is 29.8 Å². The molecule has 1 aromatic rings. The fourth-order valence-corrected chi connectivity index (χ4v) is 2.29. The normalized spacial score (nSPS) is 20.4. The highest BCUT2D eigenvalue weighted by Crippen LogP contribution is 2.17. The lowest BCUT2D eigenvalue weighted by molar-refractivity contribution is -0.0711. The van der Waals surface area contributed by atoms with Gasteiger partial charge in [0.15, 0.2) is 0 Å². The molecule has 1 aliphatic rings. The van der Waals surface area contributed by atoms with Crippen molar-refractivity contribution in [1.82, 2.24) is 0 Å². The summed E-state index contributed by atoms with van der Waals surface area (Å²) in [4.78, 5) is 0.192. The predicted molar refractivity (Wildman–Crippen MR) is 58.7 cm³/mol. The lowest BCUT2D eigenvalue weighted by atomic mass is 10.2. The molecule has 2 rings (SSSR count). The van der Waals surface area contributed by atoms with Crippen LogP contribution in [0.2, 0.25) is 0 Å². The van der Waals surface area contributed by atoms with Gasteiger partial charge in [0.25, 0.3) is 10.1 Å². The van der Waals surface area contributed by atoms with E-state index in [1.165, 1.54) is 0 Å². The van der Waals surface area contributed by atoms with Gasteiger partial charge in [-0.15, -0.1) is 0 Å². The molecule has 0 unspecified atom stereocenters. The molecule has 1 heterocycles. The average molecular weight is 242 g/mol. The highest BCUT2D eigenvalue weighted by molar-refractivity contribution is 7.86. The van der Waals surface area contributed by atoms with E-state index in [-0.39, 0.29) is 17.6 Å². The largest absolute Gasteiger partial charge is 0.376 e. The summed E-state index contributed by atoms with van der Waals surface area (Å²) in [5.74, 6) is 0. The fourth-order valence-electron chi connectivity index (χ4n) is 1.35. The number of benzene rings is 1. The quantitative estimate of drug-likeness (QED) is 0.751. The van der Waals surface area contributed by atoms with Crippen molar-refractivity contribution >= 4 is 10.1 Å². The van der Waals surface area contributed by atoms with Crippen molar-refractivity contribution in [3.63, 3.8) is 0 Å². The van der Waals surface area contributed by atoms with E-state index in [4.69, 9.17) is 8.92 Å². The van der Waals surface area contributed by atoms with Crippen LogP contribution in [0.4, 0.5) is 0 Å². The first kappa shape index (κ1) is 11.6. The number of ether oxygens (including phenoxy) is 1. The Morgan fingerprint density at radius 1 is 1.38 bits per heavy atom. The minimum atomic E-state index is -3.63. The number of aryl methyl sites for hydroxylation is 1. The summed E-state index contributed by atoms with van der Waals surface area (Å²) >= 11 is 0. The van der Waals surface area contributed by atoms with Crippen LogP contribution in [0.5, 0.6) is 0 Å². The number of hydrogen-bond donors (Lipinski definition) is 0. The maximum absolute atomic E-state index is 11.7. The highest BCUT2D eigenvalue weighted by Gasteiger charge is 2.23. The second kappa shape index (κ2) is 4.53. The number of hydrogen-bond acceptors (Lipinski definition) is 4. The van der Waals surface area contributed by atoms with E-state index in [1.54, 1.807) is 24.3 Å². The Balaban J connectivity index is 2.02. The fraction of sp³-hybridized carbons (Fsp3) is 0.455. The summed E-state index contributed by atoms with van der Waals surface area (Å²) in [6.45, 7) is 2.70. The third-order valence-corrected chi connectivity index (χ3v) is 3.81. The summed E-state index contributed by atoms with van der Waals surface area (Å²) in [6.07, 6.45) is 0.795. The van der Waals surface area contributed by atoms with Gasteiger partial charge in [0.2, 0.25) is 0 Å². The van der Waals surface area contributed by atoms with Crippen molar-refractivity contribution < 1.29 is 17.3 Å². The van der Waals surface area contributed by atoms with Crippen LogP contribution in [-0.2, 0) is 19.0 Å². The molecule has 1 aromatic carbocycles. The van der Waals surface area contributed by atoms with Gasteiger partial charge in [0, 0.05) is 6.61 Å². The molecule has 1 atom stereocenters. The van der Waals surface area contributed by atoms with Gasteiger partial charge < -0.3 is 4.74 Å². The molecule has 88 valence electrons. The standard InChI is InChI=1S/C11H14O4S/c1-9-2-4-11(5-3-9)16(12,13)15-8-10-6-7-14-10/h2-5,10H,6-8H2,1H3/t10-/m1/s1. The van der Waals surface area contributed by atoms with Crippen LogP contribution in [0, 0.1) is 6.92 Å². The minimum Gasteiger partial charge on any atom is -0.376 e. The Kier molecular flexibility index (Phi) is 3.28. The molecule has 1 aliphatic heterocycles. The molecule has 0 spiro atoms. The third-order valence-electron chi connectivity index (χ3n) is 2.51. The van der Waals surface area contributed by atoms with Crippen LogP contribution in [0.15, 0.2) is 29.2 Å². The van der Waals surface area contributed by atoms with Gasteiger partial charge in [-0.3, -0.25) is 4.18 Å². The van der Waals surface area contributed by atoms with E-state index in [9.17, 15) is 8.42 Å². The topological polar surface area (TPSA) is 52.6 Å². The van der Waals surface area contributed by atoms with Crippen LogP contribution in [0.3, 0.4) is 0 Å². The summed E-state index contributed by atoms with van der Waals surface area (Å²) in [7, 11) is -3.63. The third kappa shape index (κ3) is 2.61. The second-order valence-electron chi connectivity index (χ2n) is 3.83. The Morgan fingerprint density at radius 3 is 2.50 bits per heavy atom. The van der Waals surface area contributed by atoms with Gasteiger partial charge in [0.1, 0.15) is 0 Å². The van der Waals surface area contributed by atoms with Gasteiger partial charge in [-0.05, 0) is 25.5 Å². The first-order valence-electron chi connectivity index (χ1n) is 5.16. The summed E-state index contributed by atoms with van der Waals surface area (Å²) < 4.78 is 33.4. The molecule has 0 radical (unpaired) electrons. The maximum Gasteiger partial charge on any atom is 0.297 e. The first-order chi connectivity index (χ1) is 7.58. The van der Waals surface area contributed by atoms with Crippen molar-refractivity contribution in [2.75, 3.05) is 13.2 Å². The van der Waals surface area contributed by atoms with E-state index in [2.05, 4.69) is 0 Å². The Morgan fingerprint density at radius 2 is 2.00 bits per heavy atom. The highest BCUT2D eigenvalue weighted by atomic mass is 32.2. The molecule has 1 fully saturated rings. The molecule has 0 bridgehead atoms. The van der Waals surface area contributed by atoms with Gasteiger partial charge in [-0.25, -0.2) is 0 Å². The van der Waals surface area contributed by atoms with Crippen molar-refractivity contribution in [3.8, 4) is 0 Å². The zero-order valence-electron chi connectivity index (χ0n) is 9.05. The van der Waals surface area contributed by atoms with E-state index in [0.717, 1.165) is 12.0 Å². The lowest BCUT2D eigenvalue weighted by Gasteiger charge is -2.25. The average Bonchev–Trinajstić information content (AvgIpc) is 2.15. The molecule has 5 heteroatoms. The molecule has 1 saturated heterocycles. The zero-order valence-corrected chi connectivity index (χ0v) is 9.87. The van der Waals surface area contributed by atoms with Gasteiger partial charge >= 0.3 is 0 Å². The van der Waals surface area contributed by atoms with E-state index >= 15 is 0 Å². The molecule has 0 amide bonds. The van der Waals surface area contributed by atoms with Gasteiger partial charge in [-0.2, -0.15) is 8.42 Å². The molecular weight excluding hydrogens is 228 g/mol. The van der Waals surface area contributed by atoms with Gasteiger partial charge in [0.05, 0.1) is 17.6 Å². The monoisotopic (exact) mass is 242 g/mol. The smallest absolute Gasteiger partial charge is 0.297 e. The lowest BCUT2D eigenvalue weighted by Crippen LogP contribution is -2.32. The Labute approximate surface area is 95.3 Å². The maximum atomic E-state index is 11.7. The first-order valence-corrected chi connectivity index (χ1v) is 6.56. The molecule has 16 heavy (non-hydrogen) atoms. The molecule has 0 aliphatic carbocycles. The van der Waals surface area contributed by atoms with Crippen LogP contribution in [-0.4, -0.2) is 27.7 Å². The molecular formula is C11H14O4S. The summed E-state index contributed by atoms with van der Waals surface area (Å²) in [5, 5.41) is 0. The summed E-state index contributed by atoms with van der Waals surface area (Å²) in [6, 6.07) is 6.59. The second-order valence-corrected chi connectivity index (χ2v) is 5.45. The molecule has 4 nitrogen and oxygen atoms in total. The van der Waals surface area contributed by atoms with Crippen LogP contribution < -0.4 is 0 Å². The van der Waals surface area contributed by atoms with Gasteiger partial charge in [-0.1, -0.05) is 17.7 Å². The van der Waals surface area contributed by atoms with Crippen molar-refractivity contribution in [2.24, 2.45) is 0 Å². The van der Waals surface area contributed by atoms with E-state index in [1.807, 2.05) is 6.92 Å². The minimum absolute atomic E-state index is 0.0692. The van der Waals surface area contributed by atoms with E-state index in [0.29, 0.717) is 6.61 Å². The van der Waals surface area contributed by atoms with Crippen molar-refractivity contribution in [2.45, 2.75) is 24.3 Å². The SMILES string of the molecule is Cc1ccc(S(=O)(=O)OC[C@H]2CCO2)cc1. The molecule has 0 aromatic heterocycles. The Bertz CT molecular complexity index is 445.